The van der Waals surface area contributed by atoms with Crippen LogP contribution in [-0.4, -0.2) is 12.2 Å². The molecule has 0 bridgehead atoms. The second-order valence-electron chi connectivity index (χ2n) is 4.43. The Labute approximate surface area is 138 Å². The summed E-state index contributed by atoms with van der Waals surface area (Å²) < 4.78 is 33.8. The van der Waals surface area contributed by atoms with Crippen LogP contribution in [0.2, 0.25) is 0 Å². The van der Waals surface area contributed by atoms with E-state index in [1.54, 1.807) is 18.2 Å². The van der Waals surface area contributed by atoms with E-state index in [2.05, 4.69) is 31.9 Å². The minimum atomic E-state index is -1.09. The molecule has 0 amide bonds. The van der Waals surface area contributed by atoms with Gasteiger partial charge in [-0.25, -0.2) is 8.78 Å². The van der Waals surface area contributed by atoms with Gasteiger partial charge < -0.3 is 9.84 Å². The first-order valence-electron chi connectivity index (χ1n) is 6.08. The Morgan fingerprint density at radius 1 is 1.19 bits per heavy atom. The minimum Gasteiger partial charge on any atom is -0.496 e. The number of methoxy groups -OCH3 is 1. The zero-order valence-electron chi connectivity index (χ0n) is 11.0. The third-order valence-electron chi connectivity index (χ3n) is 3.09. The molecule has 0 saturated carbocycles. The normalized spacial score (nSPS) is 12.3. The van der Waals surface area contributed by atoms with Gasteiger partial charge in [0.2, 0.25) is 0 Å². The number of aliphatic hydroxyl groups is 1. The smallest absolute Gasteiger partial charge is 0.143 e. The Balaban J connectivity index is 2.37. The predicted octanol–water partition coefficient (Wildman–Crippen LogP) is 4.77. The van der Waals surface area contributed by atoms with Crippen LogP contribution in [0.15, 0.2) is 39.3 Å². The van der Waals surface area contributed by atoms with Crippen molar-refractivity contribution in [3.8, 4) is 5.75 Å². The lowest BCUT2D eigenvalue weighted by atomic mass is 10.00. The molecule has 112 valence electrons. The van der Waals surface area contributed by atoms with Gasteiger partial charge in [0.25, 0.3) is 0 Å². The molecule has 0 aliphatic rings. The van der Waals surface area contributed by atoms with Crippen LogP contribution in [0.4, 0.5) is 8.78 Å². The van der Waals surface area contributed by atoms with Crippen molar-refractivity contribution in [2.24, 2.45) is 0 Å². The van der Waals surface area contributed by atoms with Crippen LogP contribution < -0.4 is 4.74 Å². The van der Waals surface area contributed by atoms with E-state index in [1.807, 2.05) is 0 Å². The van der Waals surface area contributed by atoms with Crippen molar-refractivity contribution < 1.29 is 18.6 Å². The van der Waals surface area contributed by atoms with Crippen molar-refractivity contribution >= 4 is 31.9 Å². The Hall–Kier alpha value is -0.980. The molecule has 0 heterocycles. The summed E-state index contributed by atoms with van der Waals surface area (Å²) in [6.45, 7) is 0. The SMILES string of the molecule is COc1ccc(Br)cc1C(O)Cc1c(F)ccc(Br)c1F. The van der Waals surface area contributed by atoms with Crippen molar-refractivity contribution in [3.05, 3.63) is 62.0 Å². The van der Waals surface area contributed by atoms with Gasteiger partial charge in [0.1, 0.15) is 17.4 Å². The van der Waals surface area contributed by atoms with E-state index in [1.165, 1.54) is 13.2 Å². The molecule has 1 atom stereocenters. The van der Waals surface area contributed by atoms with E-state index >= 15 is 0 Å². The molecular weight excluding hydrogens is 410 g/mol. The van der Waals surface area contributed by atoms with E-state index < -0.39 is 17.7 Å². The average Bonchev–Trinajstić information content (AvgIpc) is 2.47. The van der Waals surface area contributed by atoms with E-state index in [0.717, 1.165) is 10.5 Å². The Bertz CT molecular complexity index is 662. The van der Waals surface area contributed by atoms with Crippen LogP contribution >= 0.6 is 31.9 Å². The molecule has 0 spiro atoms. The molecule has 2 aromatic rings. The summed E-state index contributed by atoms with van der Waals surface area (Å²) >= 11 is 6.31. The van der Waals surface area contributed by atoms with Crippen LogP contribution in [0.25, 0.3) is 0 Å². The van der Waals surface area contributed by atoms with Crippen molar-refractivity contribution in [2.45, 2.75) is 12.5 Å². The maximum atomic E-state index is 14.0. The summed E-state index contributed by atoms with van der Waals surface area (Å²) in [5.41, 5.74) is 0.296. The quantitative estimate of drug-likeness (QED) is 0.720. The minimum absolute atomic E-state index is 0.160. The first-order valence-corrected chi connectivity index (χ1v) is 7.66. The number of rotatable bonds is 4. The first-order chi connectivity index (χ1) is 9.93. The van der Waals surface area contributed by atoms with Crippen LogP contribution in [0.5, 0.6) is 5.75 Å². The van der Waals surface area contributed by atoms with Gasteiger partial charge in [0, 0.05) is 22.0 Å². The third kappa shape index (κ3) is 3.62. The van der Waals surface area contributed by atoms with Gasteiger partial charge in [-0.2, -0.15) is 0 Å². The topological polar surface area (TPSA) is 29.5 Å². The van der Waals surface area contributed by atoms with E-state index in [4.69, 9.17) is 4.74 Å². The van der Waals surface area contributed by atoms with Crippen molar-refractivity contribution in [2.75, 3.05) is 7.11 Å². The Morgan fingerprint density at radius 3 is 2.57 bits per heavy atom. The standard InChI is InChI=1S/C15H12Br2F2O2/c1-21-14-5-2-8(16)6-10(14)13(20)7-9-12(18)4-3-11(17)15(9)19/h2-6,13,20H,7H2,1H3. The molecule has 0 aliphatic heterocycles. The molecule has 0 saturated heterocycles. The largest absolute Gasteiger partial charge is 0.496 e. The number of ether oxygens (including phenoxy) is 1. The Morgan fingerprint density at radius 2 is 1.90 bits per heavy atom. The molecule has 0 aliphatic carbocycles. The fourth-order valence-corrected chi connectivity index (χ4v) is 2.78. The van der Waals surface area contributed by atoms with Gasteiger partial charge in [0.05, 0.1) is 17.7 Å². The van der Waals surface area contributed by atoms with Gasteiger partial charge in [-0.15, -0.1) is 0 Å². The van der Waals surface area contributed by atoms with Gasteiger partial charge in [0.15, 0.2) is 0 Å². The van der Waals surface area contributed by atoms with Gasteiger partial charge in [-0.3, -0.25) is 0 Å². The molecule has 0 aromatic heterocycles. The molecule has 1 N–H and O–H groups in total. The highest BCUT2D eigenvalue weighted by Crippen LogP contribution is 2.32. The second-order valence-corrected chi connectivity index (χ2v) is 6.20. The summed E-state index contributed by atoms with van der Waals surface area (Å²) in [6, 6.07) is 7.55. The van der Waals surface area contributed by atoms with Crippen LogP contribution in [-0.2, 0) is 6.42 Å². The van der Waals surface area contributed by atoms with Crippen molar-refractivity contribution in [3.63, 3.8) is 0 Å². The molecule has 1 unspecified atom stereocenters. The average molecular weight is 422 g/mol. The monoisotopic (exact) mass is 420 g/mol. The molecule has 21 heavy (non-hydrogen) atoms. The summed E-state index contributed by atoms with van der Waals surface area (Å²) in [7, 11) is 1.47. The van der Waals surface area contributed by atoms with Gasteiger partial charge >= 0.3 is 0 Å². The van der Waals surface area contributed by atoms with Crippen molar-refractivity contribution in [1.29, 1.82) is 0 Å². The maximum absolute atomic E-state index is 14.0. The highest BCUT2D eigenvalue weighted by atomic mass is 79.9. The van der Waals surface area contributed by atoms with Gasteiger partial charge in [-0.05, 0) is 46.3 Å². The van der Waals surface area contributed by atoms with E-state index in [-0.39, 0.29) is 16.5 Å². The number of halogens is 4. The number of hydrogen-bond acceptors (Lipinski definition) is 2. The van der Waals surface area contributed by atoms with Crippen molar-refractivity contribution in [1.82, 2.24) is 0 Å². The molecule has 2 aromatic carbocycles. The highest BCUT2D eigenvalue weighted by Gasteiger charge is 2.20. The summed E-state index contributed by atoms with van der Waals surface area (Å²) in [5, 5.41) is 10.3. The fraction of sp³-hybridized carbons (Fsp3) is 0.200. The summed E-state index contributed by atoms with van der Waals surface area (Å²) in [6.07, 6.45) is -1.28. The molecule has 2 rings (SSSR count). The lowest BCUT2D eigenvalue weighted by Crippen LogP contribution is -2.08. The first kappa shape index (κ1) is 16.4. The maximum Gasteiger partial charge on any atom is 0.143 e. The number of benzene rings is 2. The van der Waals surface area contributed by atoms with Crippen LogP contribution in [0.3, 0.4) is 0 Å². The molecule has 0 fully saturated rings. The number of hydrogen-bond donors (Lipinski definition) is 1. The highest BCUT2D eigenvalue weighted by molar-refractivity contribution is 9.10. The van der Waals surface area contributed by atoms with Gasteiger partial charge in [-0.1, -0.05) is 15.9 Å². The zero-order chi connectivity index (χ0) is 15.6. The van der Waals surface area contributed by atoms with E-state index in [9.17, 15) is 13.9 Å². The molecular formula is C15H12Br2F2O2. The number of aliphatic hydroxyl groups excluding tert-OH is 1. The molecule has 0 radical (unpaired) electrons. The second kappa shape index (κ2) is 6.85. The summed E-state index contributed by atoms with van der Waals surface area (Å²) in [4.78, 5) is 0. The predicted molar refractivity (Wildman–Crippen MR) is 83.4 cm³/mol. The lowest BCUT2D eigenvalue weighted by molar-refractivity contribution is 0.171. The Kier molecular flexibility index (Phi) is 5.35. The molecule has 2 nitrogen and oxygen atoms in total. The summed E-state index contributed by atoms with van der Waals surface area (Å²) in [5.74, 6) is -0.937. The molecule has 6 heteroatoms. The fourth-order valence-electron chi connectivity index (χ4n) is 2.03. The third-order valence-corrected chi connectivity index (χ3v) is 4.19. The zero-order valence-corrected chi connectivity index (χ0v) is 14.2. The van der Waals surface area contributed by atoms with Crippen LogP contribution in [0.1, 0.15) is 17.2 Å². The van der Waals surface area contributed by atoms with Crippen LogP contribution in [0, 0.1) is 11.6 Å². The lowest BCUT2D eigenvalue weighted by Gasteiger charge is -2.16. The van der Waals surface area contributed by atoms with E-state index in [0.29, 0.717) is 11.3 Å².